The first-order chi connectivity index (χ1) is 12.5. The molecule has 0 amide bonds. The van der Waals surface area contributed by atoms with E-state index in [1.807, 2.05) is 36.4 Å². The molecule has 0 unspecified atom stereocenters. The van der Waals surface area contributed by atoms with Crippen molar-refractivity contribution in [1.29, 1.82) is 5.26 Å². The topological polar surface area (TPSA) is 110 Å². The summed E-state index contributed by atoms with van der Waals surface area (Å²) in [4.78, 5) is 18.2. The monoisotopic (exact) mass is 352 g/mol. The summed E-state index contributed by atoms with van der Waals surface area (Å²) < 4.78 is 0. The Hall–Kier alpha value is -3.17. The molecular formula is C20H20N2O4. The normalized spacial score (nSPS) is 16.0. The third-order valence-electron chi connectivity index (χ3n) is 4.49. The molecule has 134 valence electrons. The molecule has 1 aliphatic heterocycles. The van der Waals surface area contributed by atoms with E-state index in [9.17, 15) is 5.26 Å². The molecule has 3 N–H and O–H groups in total. The maximum atomic E-state index is 10.1. The minimum atomic E-state index is -1.82. The van der Waals surface area contributed by atoms with E-state index in [-0.39, 0.29) is 0 Å². The molecule has 0 aliphatic carbocycles. The number of nitriles is 1. The van der Waals surface area contributed by atoms with E-state index in [4.69, 9.17) is 19.8 Å². The molecule has 1 fully saturated rings. The van der Waals surface area contributed by atoms with Crippen LogP contribution < -0.4 is 5.32 Å². The van der Waals surface area contributed by atoms with Crippen molar-refractivity contribution in [2.24, 2.45) is 5.92 Å². The smallest absolute Gasteiger partial charge is 0.414 e. The summed E-state index contributed by atoms with van der Waals surface area (Å²) in [5.41, 5.74) is 1.65. The standard InChI is InChI=1S/C18H18N2.C2H2O4/c19-14-18(17-11-12-20-13-17,15-7-3-1-4-8-15)16-9-5-2-6-10-16;3-1(4)2(5)6/h1-10,17,20H,11-13H2;(H,3,4)(H,5,6)/t17-;/m1./s1. The van der Waals surface area contributed by atoms with Gasteiger partial charge in [-0.3, -0.25) is 0 Å². The van der Waals surface area contributed by atoms with Gasteiger partial charge in [-0.25, -0.2) is 9.59 Å². The highest BCUT2D eigenvalue weighted by Crippen LogP contribution is 2.41. The Morgan fingerprint density at radius 3 is 1.73 bits per heavy atom. The molecule has 1 atom stereocenters. The zero-order valence-electron chi connectivity index (χ0n) is 14.1. The fourth-order valence-corrected chi connectivity index (χ4v) is 3.28. The van der Waals surface area contributed by atoms with Crippen LogP contribution >= 0.6 is 0 Å². The molecular weight excluding hydrogens is 332 g/mol. The van der Waals surface area contributed by atoms with E-state index < -0.39 is 17.4 Å². The number of carboxylic acids is 2. The number of nitrogens with one attached hydrogen (secondary N) is 1. The summed E-state index contributed by atoms with van der Waals surface area (Å²) in [7, 11) is 0. The Morgan fingerprint density at radius 1 is 0.962 bits per heavy atom. The molecule has 1 heterocycles. The molecule has 0 saturated carbocycles. The minimum Gasteiger partial charge on any atom is -0.473 e. The van der Waals surface area contributed by atoms with Gasteiger partial charge in [0.25, 0.3) is 0 Å². The first-order valence-corrected chi connectivity index (χ1v) is 8.21. The lowest BCUT2D eigenvalue weighted by atomic mass is 9.66. The number of benzene rings is 2. The van der Waals surface area contributed by atoms with E-state index >= 15 is 0 Å². The fourth-order valence-electron chi connectivity index (χ4n) is 3.28. The van der Waals surface area contributed by atoms with Crippen LogP contribution in [-0.2, 0) is 15.0 Å². The summed E-state index contributed by atoms with van der Waals surface area (Å²) in [6.45, 7) is 1.89. The van der Waals surface area contributed by atoms with Gasteiger partial charge in [0.15, 0.2) is 0 Å². The number of carboxylic acid groups (broad SMARTS) is 2. The molecule has 2 aromatic carbocycles. The molecule has 0 spiro atoms. The average molecular weight is 352 g/mol. The van der Waals surface area contributed by atoms with Crippen LogP contribution in [0.5, 0.6) is 0 Å². The lowest BCUT2D eigenvalue weighted by molar-refractivity contribution is -0.159. The second-order valence-corrected chi connectivity index (χ2v) is 5.95. The van der Waals surface area contributed by atoms with Crippen LogP contribution in [0.2, 0.25) is 0 Å². The molecule has 6 heteroatoms. The van der Waals surface area contributed by atoms with Crippen molar-refractivity contribution in [1.82, 2.24) is 5.32 Å². The number of hydrogen-bond donors (Lipinski definition) is 3. The van der Waals surface area contributed by atoms with Gasteiger partial charge < -0.3 is 15.5 Å². The Balaban J connectivity index is 0.000000352. The highest BCUT2D eigenvalue weighted by atomic mass is 16.4. The Morgan fingerprint density at radius 2 is 1.42 bits per heavy atom. The van der Waals surface area contributed by atoms with Gasteiger partial charge >= 0.3 is 11.9 Å². The third-order valence-corrected chi connectivity index (χ3v) is 4.49. The fraction of sp³-hybridized carbons (Fsp3) is 0.250. The van der Waals surface area contributed by atoms with Crippen molar-refractivity contribution >= 4 is 11.9 Å². The van der Waals surface area contributed by atoms with E-state index in [0.29, 0.717) is 5.92 Å². The number of nitrogens with zero attached hydrogens (tertiary/aromatic N) is 1. The van der Waals surface area contributed by atoms with Crippen LogP contribution in [-0.4, -0.2) is 35.2 Å². The van der Waals surface area contributed by atoms with Gasteiger partial charge in [0, 0.05) is 6.54 Å². The van der Waals surface area contributed by atoms with E-state index in [0.717, 1.165) is 30.6 Å². The van der Waals surface area contributed by atoms with Crippen molar-refractivity contribution in [3.05, 3.63) is 71.8 Å². The second kappa shape index (κ2) is 8.79. The van der Waals surface area contributed by atoms with Gasteiger partial charge in [0.05, 0.1) is 6.07 Å². The largest absolute Gasteiger partial charge is 0.473 e. The predicted molar refractivity (Wildman–Crippen MR) is 95.5 cm³/mol. The molecule has 6 nitrogen and oxygen atoms in total. The Kier molecular flexibility index (Phi) is 6.48. The molecule has 2 aromatic rings. The van der Waals surface area contributed by atoms with Crippen molar-refractivity contribution < 1.29 is 19.8 Å². The molecule has 3 rings (SSSR count). The number of hydrogen-bond acceptors (Lipinski definition) is 4. The third kappa shape index (κ3) is 4.08. The van der Waals surface area contributed by atoms with E-state index in [1.54, 1.807) is 0 Å². The molecule has 1 saturated heterocycles. The van der Waals surface area contributed by atoms with Gasteiger partial charge in [-0.05, 0) is 30.0 Å². The van der Waals surface area contributed by atoms with Crippen LogP contribution in [0.3, 0.4) is 0 Å². The quantitative estimate of drug-likeness (QED) is 0.731. The van der Waals surface area contributed by atoms with Gasteiger partial charge in [-0.2, -0.15) is 5.26 Å². The van der Waals surface area contributed by atoms with Crippen molar-refractivity contribution in [3.8, 4) is 6.07 Å². The number of carbonyl (C=O) groups is 2. The molecule has 1 aliphatic rings. The second-order valence-electron chi connectivity index (χ2n) is 5.95. The van der Waals surface area contributed by atoms with Crippen molar-refractivity contribution in [2.75, 3.05) is 13.1 Å². The summed E-state index contributed by atoms with van der Waals surface area (Å²) >= 11 is 0. The summed E-state index contributed by atoms with van der Waals surface area (Å²) in [6, 6.07) is 23.1. The maximum Gasteiger partial charge on any atom is 0.414 e. The van der Waals surface area contributed by atoms with Crippen LogP contribution in [0.4, 0.5) is 0 Å². The van der Waals surface area contributed by atoms with Crippen LogP contribution in [0.1, 0.15) is 17.5 Å². The highest BCUT2D eigenvalue weighted by Gasteiger charge is 2.43. The Bertz CT molecular complexity index is 727. The maximum absolute atomic E-state index is 10.1. The van der Waals surface area contributed by atoms with Crippen LogP contribution in [0.15, 0.2) is 60.7 Å². The van der Waals surface area contributed by atoms with Gasteiger partial charge in [-0.1, -0.05) is 60.7 Å². The van der Waals surface area contributed by atoms with E-state index in [1.165, 1.54) is 0 Å². The SMILES string of the molecule is N#CC(c1ccccc1)(c1ccccc1)[C@@H]1CCNC1.O=C(O)C(=O)O. The lowest BCUT2D eigenvalue weighted by Gasteiger charge is -2.33. The van der Waals surface area contributed by atoms with E-state index in [2.05, 4.69) is 35.7 Å². The van der Waals surface area contributed by atoms with Gasteiger partial charge in [0.2, 0.25) is 0 Å². The highest BCUT2D eigenvalue weighted by molar-refractivity contribution is 6.27. The summed E-state index contributed by atoms with van der Waals surface area (Å²) in [5, 5.41) is 28.2. The zero-order chi connectivity index (χ0) is 19.0. The summed E-state index contributed by atoms with van der Waals surface area (Å²) in [6.07, 6.45) is 1.04. The first kappa shape index (κ1) is 19.2. The molecule has 0 radical (unpaired) electrons. The van der Waals surface area contributed by atoms with Crippen LogP contribution in [0.25, 0.3) is 0 Å². The summed E-state index contributed by atoms with van der Waals surface area (Å²) in [5.74, 6) is -3.33. The lowest BCUT2D eigenvalue weighted by Crippen LogP contribution is -2.36. The minimum absolute atomic E-state index is 0.317. The number of aliphatic carboxylic acids is 2. The molecule has 26 heavy (non-hydrogen) atoms. The molecule has 0 bridgehead atoms. The Labute approximate surface area is 151 Å². The van der Waals surface area contributed by atoms with Gasteiger partial charge in [-0.15, -0.1) is 0 Å². The zero-order valence-corrected chi connectivity index (χ0v) is 14.1. The van der Waals surface area contributed by atoms with Gasteiger partial charge in [0.1, 0.15) is 5.41 Å². The van der Waals surface area contributed by atoms with Crippen molar-refractivity contribution in [3.63, 3.8) is 0 Å². The predicted octanol–water partition coefficient (Wildman–Crippen LogP) is 2.26. The number of rotatable bonds is 3. The average Bonchev–Trinajstić information content (AvgIpc) is 3.20. The molecule has 0 aromatic heterocycles. The van der Waals surface area contributed by atoms with Crippen molar-refractivity contribution in [2.45, 2.75) is 11.8 Å². The first-order valence-electron chi connectivity index (χ1n) is 8.21. The van der Waals surface area contributed by atoms with Crippen LogP contribution in [0, 0.1) is 17.2 Å².